The minimum Gasteiger partial charge on any atom is -0.379 e. The molecule has 1 aromatic carbocycles. The predicted octanol–water partition coefficient (Wildman–Crippen LogP) is 2.16. The summed E-state index contributed by atoms with van der Waals surface area (Å²) in [4.78, 5) is 38.2. The second kappa shape index (κ2) is 11.8. The number of amides is 2. The maximum atomic E-state index is 13.4. The van der Waals surface area contributed by atoms with Crippen molar-refractivity contribution in [3.8, 4) is 0 Å². The van der Waals surface area contributed by atoms with Crippen LogP contribution in [0, 0.1) is 5.82 Å². The van der Waals surface area contributed by atoms with Crippen molar-refractivity contribution >= 4 is 28.3 Å². The number of hydrogen-bond donors (Lipinski definition) is 1. The van der Waals surface area contributed by atoms with Gasteiger partial charge in [0.25, 0.3) is 5.91 Å². The van der Waals surface area contributed by atoms with Gasteiger partial charge in [-0.3, -0.25) is 19.4 Å². The number of nitrogens with zero attached hydrogens (tertiary/aromatic N) is 5. The second-order valence-electron chi connectivity index (χ2n) is 7.91. The molecule has 1 N–H and O–H groups in total. The van der Waals surface area contributed by atoms with E-state index in [0.29, 0.717) is 42.9 Å². The number of imidazole rings is 1. The van der Waals surface area contributed by atoms with Gasteiger partial charge < -0.3 is 14.6 Å². The molecule has 0 aliphatic carbocycles. The van der Waals surface area contributed by atoms with Gasteiger partial charge >= 0.3 is 0 Å². The van der Waals surface area contributed by atoms with Crippen molar-refractivity contribution in [1.82, 2.24) is 24.8 Å². The van der Waals surface area contributed by atoms with Gasteiger partial charge in [-0.15, -0.1) is 0 Å². The lowest BCUT2D eigenvalue weighted by Crippen LogP contribution is -2.44. The van der Waals surface area contributed by atoms with Crippen LogP contribution in [0.15, 0.2) is 49.2 Å². The Labute approximate surface area is 201 Å². The summed E-state index contributed by atoms with van der Waals surface area (Å²) in [6.07, 6.45) is 7.59. The number of hydrogen-bond acceptors (Lipinski definition) is 7. The molecule has 0 radical (unpaired) electrons. The van der Waals surface area contributed by atoms with Crippen LogP contribution in [0.1, 0.15) is 21.7 Å². The molecule has 3 heterocycles. The highest BCUT2D eigenvalue weighted by molar-refractivity contribution is 7.17. The van der Waals surface area contributed by atoms with E-state index in [2.05, 4.69) is 15.3 Å². The first-order chi connectivity index (χ1) is 16.6. The standard InChI is InChI=1S/C23H27FN6O3S/c24-19-4-2-18(3-5-19)15-30(21(31)16-28-10-12-33-13-11-28)23-27-14-20(34-23)22(32)26-6-1-8-29-9-7-25-17-29/h2-5,7,9,14,17H,1,6,8,10-13,15-16H2,(H,26,32). The topological polar surface area (TPSA) is 92.6 Å². The molecule has 11 heteroatoms. The number of halogens is 1. The lowest BCUT2D eigenvalue weighted by Gasteiger charge is -2.28. The molecule has 0 atom stereocenters. The smallest absolute Gasteiger partial charge is 0.263 e. The second-order valence-corrected chi connectivity index (χ2v) is 8.92. The summed E-state index contributed by atoms with van der Waals surface area (Å²) in [6.45, 7) is 4.28. The third-order valence-corrected chi connectivity index (χ3v) is 6.42. The number of carbonyl (C=O) groups is 2. The van der Waals surface area contributed by atoms with E-state index in [-0.39, 0.29) is 30.7 Å². The van der Waals surface area contributed by atoms with Crippen LogP contribution in [-0.2, 0) is 22.6 Å². The largest absolute Gasteiger partial charge is 0.379 e. The first kappa shape index (κ1) is 24.0. The molecule has 180 valence electrons. The van der Waals surface area contributed by atoms with Crippen molar-refractivity contribution in [2.45, 2.75) is 19.5 Å². The maximum absolute atomic E-state index is 13.4. The van der Waals surface area contributed by atoms with Gasteiger partial charge in [0.05, 0.1) is 38.8 Å². The van der Waals surface area contributed by atoms with E-state index in [0.717, 1.165) is 18.5 Å². The van der Waals surface area contributed by atoms with Gasteiger partial charge in [-0.25, -0.2) is 14.4 Å². The summed E-state index contributed by atoms with van der Waals surface area (Å²) in [7, 11) is 0. The third kappa shape index (κ3) is 6.69. The maximum Gasteiger partial charge on any atom is 0.263 e. The number of thiazole rings is 1. The van der Waals surface area contributed by atoms with Gasteiger partial charge in [0.15, 0.2) is 5.13 Å². The summed E-state index contributed by atoms with van der Waals surface area (Å²) >= 11 is 1.17. The van der Waals surface area contributed by atoms with E-state index in [9.17, 15) is 14.0 Å². The monoisotopic (exact) mass is 486 g/mol. The van der Waals surface area contributed by atoms with E-state index < -0.39 is 0 Å². The van der Waals surface area contributed by atoms with Crippen molar-refractivity contribution < 1.29 is 18.7 Å². The normalized spacial score (nSPS) is 14.1. The van der Waals surface area contributed by atoms with Gasteiger partial charge in [0.2, 0.25) is 5.91 Å². The molecular weight excluding hydrogens is 459 g/mol. The first-order valence-electron chi connectivity index (χ1n) is 11.1. The molecule has 0 spiro atoms. The number of rotatable bonds is 10. The summed E-state index contributed by atoms with van der Waals surface area (Å²) in [5, 5.41) is 3.33. The van der Waals surface area contributed by atoms with Crippen LogP contribution >= 0.6 is 11.3 Å². The van der Waals surface area contributed by atoms with Crippen LogP contribution in [0.2, 0.25) is 0 Å². The van der Waals surface area contributed by atoms with Crippen LogP contribution in [0.4, 0.5) is 9.52 Å². The van der Waals surface area contributed by atoms with Gasteiger partial charge in [-0.2, -0.15) is 0 Å². The minimum atomic E-state index is -0.337. The molecule has 3 aromatic rings. The van der Waals surface area contributed by atoms with E-state index >= 15 is 0 Å². The van der Waals surface area contributed by atoms with Crippen molar-refractivity contribution in [3.05, 3.63) is 65.4 Å². The van der Waals surface area contributed by atoms with Gasteiger partial charge in [0, 0.05) is 38.6 Å². The molecule has 1 aliphatic rings. The Kier molecular flexibility index (Phi) is 8.34. The van der Waals surface area contributed by atoms with Gasteiger partial charge in [0.1, 0.15) is 10.7 Å². The molecule has 1 aliphatic heterocycles. The summed E-state index contributed by atoms with van der Waals surface area (Å²) in [5.41, 5.74) is 0.775. The Morgan fingerprint density at radius 2 is 2.00 bits per heavy atom. The van der Waals surface area contributed by atoms with Gasteiger partial charge in [-0.1, -0.05) is 23.5 Å². The van der Waals surface area contributed by atoms with Crippen LogP contribution < -0.4 is 10.2 Å². The van der Waals surface area contributed by atoms with Crippen LogP contribution in [0.25, 0.3) is 0 Å². The zero-order chi connectivity index (χ0) is 23.8. The quantitative estimate of drug-likeness (QED) is 0.442. The number of anilines is 1. The number of carbonyl (C=O) groups excluding carboxylic acids is 2. The molecule has 0 saturated carbocycles. The van der Waals surface area contributed by atoms with Crippen LogP contribution in [-0.4, -0.2) is 70.6 Å². The van der Waals surface area contributed by atoms with Crippen molar-refractivity contribution in [1.29, 1.82) is 0 Å². The lowest BCUT2D eigenvalue weighted by molar-refractivity contribution is -0.120. The van der Waals surface area contributed by atoms with E-state index in [1.54, 1.807) is 29.6 Å². The summed E-state index contributed by atoms with van der Waals surface area (Å²) < 4.78 is 20.7. The third-order valence-electron chi connectivity index (χ3n) is 5.40. The fourth-order valence-electron chi connectivity index (χ4n) is 3.54. The van der Waals surface area contributed by atoms with Crippen LogP contribution in [0.3, 0.4) is 0 Å². The van der Waals surface area contributed by atoms with Crippen molar-refractivity contribution in [3.63, 3.8) is 0 Å². The molecular formula is C23H27FN6O3S. The SMILES string of the molecule is O=C(NCCCn1ccnc1)c1cnc(N(Cc2ccc(F)cc2)C(=O)CN2CCOCC2)s1. The Balaban J connectivity index is 1.40. The Morgan fingerprint density at radius 3 is 2.74 bits per heavy atom. The van der Waals surface area contributed by atoms with Crippen molar-refractivity contribution in [2.75, 3.05) is 44.3 Å². The highest BCUT2D eigenvalue weighted by Crippen LogP contribution is 2.25. The van der Waals surface area contributed by atoms with E-state index in [1.165, 1.54) is 29.7 Å². The number of ether oxygens (including phenoxy) is 1. The van der Waals surface area contributed by atoms with Gasteiger partial charge in [-0.05, 0) is 24.1 Å². The lowest BCUT2D eigenvalue weighted by atomic mass is 10.2. The van der Waals surface area contributed by atoms with Crippen molar-refractivity contribution in [2.24, 2.45) is 0 Å². The molecule has 34 heavy (non-hydrogen) atoms. The molecule has 2 amide bonds. The minimum absolute atomic E-state index is 0.132. The molecule has 0 bridgehead atoms. The highest BCUT2D eigenvalue weighted by atomic mass is 32.1. The number of nitrogens with one attached hydrogen (secondary N) is 1. The van der Waals surface area contributed by atoms with E-state index in [1.807, 2.05) is 15.7 Å². The Hall–Kier alpha value is -3.15. The fraction of sp³-hybridized carbons (Fsp3) is 0.391. The molecule has 9 nitrogen and oxygen atoms in total. The zero-order valence-corrected chi connectivity index (χ0v) is 19.5. The molecule has 1 saturated heterocycles. The average Bonchev–Trinajstić information content (AvgIpc) is 3.54. The first-order valence-corrected chi connectivity index (χ1v) is 11.9. The average molecular weight is 487 g/mol. The van der Waals surface area contributed by atoms with E-state index in [4.69, 9.17) is 4.74 Å². The number of aryl methyl sites for hydroxylation is 1. The molecule has 1 fully saturated rings. The number of aromatic nitrogens is 3. The zero-order valence-electron chi connectivity index (χ0n) is 18.7. The predicted molar refractivity (Wildman–Crippen MR) is 126 cm³/mol. The molecule has 2 aromatic heterocycles. The highest BCUT2D eigenvalue weighted by Gasteiger charge is 2.24. The summed E-state index contributed by atoms with van der Waals surface area (Å²) in [6, 6.07) is 6.02. The van der Waals surface area contributed by atoms with Crippen LogP contribution in [0.5, 0.6) is 0 Å². The summed E-state index contributed by atoms with van der Waals surface area (Å²) in [5.74, 6) is -0.694. The molecule has 4 rings (SSSR count). The number of morpholine rings is 1. The molecule has 0 unspecified atom stereocenters. The Morgan fingerprint density at radius 1 is 1.21 bits per heavy atom. The fourth-order valence-corrected chi connectivity index (χ4v) is 4.38. The Bertz CT molecular complexity index is 1070. The number of benzene rings is 1.